The van der Waals surface area contributed by atoms with Crippen molar-refractivity contribution in [3.8, 4) is 11.5 Å². The van der Waals surface area contributed by atoms with Crippen LogP contribution in [0.15, 0.2) is 18.2 Å². The van der Waals surface area contributed by atoms with E-state index < -0.39 is 12.1 Å². The molecular weight excluding hydrogens is 200 g/mol. The molecular formula is C10H12O5. The Bertz CT molecular complexity index is 339. The van der Waals surface area contributed by atoms with Gasteiger partial charge in [-0.25, -0.2) is 4.79 Å². The summed E-state index contributed by atoms with van der Waals surface area (Å²) in [4.78, 5) is 10.6. The Morgan fingerprint density at radius 1 is 1.20 bits per heavy atom. The van der Waals surface area contributed by atoms with E-state index in [1.807, 2.05) is 0 Å². The Hall–Kier alpha value is -1.75. The van der Waals surface area contributed by atoms with Gasteiger partial charge in [0.05, 0.1) is 14.2 Å². The van der Waals surface area contributed by atoms with E-state index in [0.717, 1.165) is 0 Å². The number of benzene rings is 1. The number of rotatable bonds is 4. The van der Waals surface area contributed by atoms with Crippen LogP contribution in [-0.4, -0.2) is 30.4 Å². The van der Waals surface area contributed by atoms with Gasteiger partial charge in [-0.15, -0.1) is 0 Å². The molecule has 0 aromatic heterocycles. The largest absolute Gasteiger partial charge is 0.497 e. The first-order valence-corrected chi connectivity index (χ1v) is 4.22. The van der Waals surface area contributed by atoms with Gasteiger partial charge in [0.15, 0.2) is 6.10 Å². The van der Waals surface area contributed by atoms with Crippen molar-refractivity contribution in [2.24, 2.45) is 0 Å². The maximum absolute atomic E-state index is 10.6. The molecule has 0 aliphatic heterocycles. The van der Waals surface area contributed by atoms with Crippen molar-refractivity contribution < 1.29 is 24.5 Å². The Balaban J connectivity index is 3.11. The summed E-state index contributed by atoms with van der Waals surface area (Å²) >= 11 is 0. The molecule has 1 aromatic rings. The van der Waals surface area contributed by atoms with E-state index in [4.69, 9.17) is 14.6 Å². The highest BCUT2D eigenvalue weighted by Crippen LogP contribution is 2.26. The molecule has 5 nitrogen and oxygen atoms in total. The lowest BCUT2D eigenvalue weighted by molar-refractivity contribution is -0.146. The van der Waals surface area contributed by atoms with Gasteiger partial charge in [0.25, 0.3) is 0 Å². The predicted molar refractivity (Wildman–Crippen MR) is 52.1 cm³/mol. The van der Waals surface area contributed by atoms with Gasteiger partial charge in [-0.05, 0) is 17.7 Å². The third kappa shape index (κ3) is 2.60. The van der Waals surface area contributed by atoms with Crippen molar-refractivity contribution in [1.82, 2.24) is 0 Å². The lowest BCUT2D eigenvalue weighted by Crippen LogP contribution is -2.10. The van der Waals surface area contributed by atoms with Gasteiger partial charge in [0, 0.05) is 6.07 Å². The summed E-state index contributed by atoms with van der Waals surface area (Å²) in [6.07, 6.45) is -1.58. The zero-order valence-corrected chi connectivity index (χ0v) is 8.43. The molecule has 1 rings (SSSR count). The number of hydrogen-bond acceptors (Lipinski definition) is 4. The van der Waals surface area contributed by atoms with E-state index in [1.54, 1.807) is 6.07 Å². The molecule has 5 heteroatoms. The van der Waals surface area contributed by atoms with Crippen LogP contribution in [0.2, 0.25) is 0 Å². The summed E-state index contributed by atoms with van der Waals surface area (Å²) in [6, 6.07) is 4.49. The predicted octanol–water partition coefficient (Wildman–Crippen LogP) is 0.822. The molecule has 0 heterocycles. The minimum absolute atomic E-state index is 0.221. The van der Waals surface area contributed by atoms with Gasteiger partial charge < -0.3 is 19.7 Å². The van der Waals surface area contributed by atoms with Crippen LogP contribution in [0, 0.1) is 0 Å². The number of hydrogen-bond donors (Lipinski definition) is 2. The number of methoxy groups -OCH3 is 2. The highest BCUT2D eigenvalue weighted by atomic mass is 16.5. The molecule has 1 aromatic carbocycles. The monoisotopic (exact) mass is 212 g/mol. The third-order valence-electron chi connectivity index (χ3n) is 1.92. The van der Waals surface area contributed by atoms with Crippen molar-refractivity contribution >= 4 is 5.97 Å². The van der Waals surface area contributed by atoms with Crippen LogP contribution in [0.1, 0.15) is 11.7 Å². The van der Waals surface area contributed by atoms with E-state index in [-0.39, 0.29) is 5.56 Å². The number of carboxylic acid groups (broad SMARTS) is 1. The smallest absolute Gasteiger partial charge is 0.337 e. The summed E-state index contributed by atoms with van der Waals surface area (Å²) < 4.78 is 9.89. The summed E-state index contributed by atoms with van der Waals surface area (Å²) in [7, 11) is 2.90. The summed E-state index contributed by atoms with van der Waals surface area (Å²) in [6.45, 7) is 0. The molecule has 0 saturated heterocycles. The molecule has 1 unspecified atom stereocenters. The Kier molecular flexibility index (Phi) is 3.51. The first-order valence-electron chi connectivity index (χ1n) is 4.22. The molecule has 0 fully saturated rings. The van der Waals surface area contributed by atoms with Crippen LogP contribution in [0.25, 0.3) is 0 Å². The molecule has 82 valence electrons. The average molecular weight is 212 g/mol. The summed E-state index contributed by atoms with van der Waals surface area (Å²) in [5.41, 5.74) is 0.221. The van der Waals surface area contributed by atoms with Gasteiger partial charge >= 0.3 is 5.97 Å². The van der Waals surface area contributed by atoms with Gasteiger partial charge in [-0.1, -0.05) is 0 Å². The molecule has 15 heavy (non-hydrogen) atoms. The highest BCUT2D eigenvalue weighted by molar-refractivity contribution is 5.74. The molecule has 0 aliphatic rings. The van der Waals surface area contributed by atoms with E-state index >= 15 is 0 Å². The van der Waals surface area contributed by atoms with Gasteiger partial charge in [0.2, 0.25) is 0 Å². The second-order valence-electron chi connectivity index (χ2n) is 2.89. The Morgan fingerprint density at radius 2 is 1.67 bits per heavy atom. The van der Waals surface area contributed by atoms with E-state index in [2.05, 4.69) is 0 Å². The summed E-state index contributed by atoms with van der Waals surface area (Å²) in [5.74, 6) is -0.445. The van der Waals surface area contributed by atoms with Crippen molar-refractivity contribution in [1.29, 1.82) is 0 Å². The minimum Gasteiger partial charge on any atom is -0.497 e. The first kappa shape index (κ1) is 11.3. The molecule has 2 N–H and O–H groups in total. The van der Waals surface area contributed by atoms with Crippen LogP contribution in [0.4, 0.5) is 0 Å². The molecule has 0 amide bonds. The zero-order valence-electron chi connectivity index (χ0n) is 8.43. The van der Waals surface area contributed by atoms with Gasteiger partial charge in [0.1, 0.15) is 11.5 Å². The van der Waals surface area contributed by atoms with Gasteiger partial charge in [-0.2, -0.15) is 0 Å². The molecule has 0 saturated carbocycles. The maximum atomic E-state index is 10.6. The minimum atomic E-state index is -1.58. The van der Waals surface area contributed by atoms with Crippen molar-refractivity contribution in [2.75, 3.05) is 14.2 Å². The summed E-state index contributed by atoms with van der Waals surface area (Å²) in [5, 5.41) is 18.0. The van der Waals surface area contributed by atoms with Crippen molar-refractivity contribution in [3.63, 3.8) is 0 Å². The van der Waals surface area contributed by atoms with E-state index in [9.17, 15) is 9.90 Å². The first-order chi connectivity index (χ1) is 7.08. The van der Waals surface area contributed by atoms with Crippen LogP contribution < -0.4 is 9.47 Å². The third-order valence-corrected chi connectivity index (χ3v) is 1.92. The van der Waals surface area contributed by atoms with Crippen LogP contribution in [-0.2, 0) is 4.79 Å². The fourth-order valence-electron chi connectivity index (χ4n) is 1.13. The lowest BCUT2D eigenvalue weighted by atomic mass is 10.1. The zero-order chi connectivity index (χ0) is 11.4. The topological polar surface area (TPSA) is 76.0 Å². The normalized spacial score (nSPS) is 11.9. The standard InChI is InChI=1S/C10H12O5/c1-14-7-3-6(9(11)10(12)13)4-8(5-7)15-2/h3-5,9,11H,1-2H3,(H,12,13). The van der Waals surface area contributed by atoms with Crippen LogP contribution >= 0.6 is 0 Å². The highest BCUT2D eigenvalue weighted by Gasteiger charge is 2.17. The fraction of sp³-hybridized carbons (Fsp3) is 0.300. The van der Waals surface area contributed by atoms with Crippen LogP contribution in [0.5, 0.6) is 11.5 Å². The molecule has 0 radical (unpaired) electrons. The number of carboxylic acids is 1. The van der Waals surface area contributed by atoms with E-state index in [0.29, 0.717) is 11.5 Å². The van der Waals surface area contributed by atoms with Crippen LogP contribution in [0.3, 0.4) is 0 Å². The number of carbonyl (C=O) groups is 1. The van der Waals surface area contributed by atoms with Crippen molar-refractivity contribution in [3.05, 3.63) is 23.8 Å². The Labute approximate surface area is 86.9 Å². The Morgan fingerprint density at radius 3 is 2.00 bits per heavy atom. The fourth-order valence-corrected chi connectivity index (χ4v) is 1.13. The SMILES string of the molecule is COc1cc(OC)cc(C(O)C(=O)O)c1. The second kappa shape index (κ2) is 4.65. The number of ether oxygens (including phenoxy) is 2. The molecule has 1 atom stereocenters. The maximum Gasteiger partial charge on any atom is 0.337 e. The number of aliphatic carboxylic acids is 1. The average Bonchev–Trinajstić information content (AvgIpc) is 2.27. The molecule has 0 aliphatic carbocycles. The number of aliphatic hydroxyl groups is 1. The second-order valence-corrected chi connectivity index (χ2v) is 2.89. The lowest BCUT2D eigenvalue weighted by Gasteiger charge is -2.10. The molecule has 0 bridgehead atoms. The van der Waals surface area contributed by atoms with Crippen molar-refractivity contribution in [2.45, 2.75) is 6.10 Å². The number of aliphatic hydroxyl groups excluding tert-OH is 1. The van der Waals surface area contributed by atoms with Gasteiger partial charge in [-0.3, -0.25) is 0 Å². The van der Waals surface area contributed by atoms with E-state index in [1.165, 1.54) is 26.4 Å². The quantitative estimate of drug-likeness (QED) is 0.772. The molecule has 0 spiro atoms.